The van der Waals surface area contributed by atoms with Crippen molar-refractivity contribution in [3.05, 3.63) is 35.4 Å². The summed E-state index contributed by atoms with van der Waals surface area (Å²) >= 11 is 0. The lowest BCUT2D eigenvalue weighted by atomic mass is 10.1. The van der Waals surface area contributed by atoms with Crippen LogP contribution in [0.3, 0.4) is 0 Å². The predicted octanol–water partition coefficient (Wildman–Crippen LogP) is 1.42. The van der Waals surface area contributed by atoms with Crippen molar-refractivity contribution in [2.75, 3.05) is 19.7 Å². The number of rotatable bonds is 2. The summed E-state index contributed by atoms with van der Waals surface area (Å²) in [5.74, 6) is 5.91. The van der Waals surface area contributed by atoms with Gasteiger partial charge in [0.1, 0.15) is 0 Å². The molecule has 110 valence electrons. The van der Waals surface area contributed by atoms with E-state index in [4.69, 9.17) is 9.84 Å². The number of nitrogens with zero attached hydrogens (tertiary/aromatic N) is 1. The van der Waals surface area contributed by atoms with Crippen molar-refractivity contribution < 1.29 is 14.6 Å². The third-order valence-electron chi connectivity index (χ3n) is 3.93. The lowest BCUT2D eigenvalue weighted by molar-refractivity contribution is -0.0303. The van der Waals surface area contributed by atoms with E-state index >= 15 is 0 Å². The van der Waals surface area contributed by atoms with Crippen molar-refractivity contribution >= 4 is 5.91 Å². The second-order valence-electron chi connectivity index (χ2n) is 5.52. The molecule has 4 nitrogen and oxygen atoms in total. The number of hydrogen-bond acceptors (Lipinski definition) is 3. The molecule has 1 N–H and O–H groups in total. The molecular formula is C17H19NO3. The summed E-state index contributed by atoms with van der Waals surface area (Å²) in [5.41, 5.74) is 1.56. The molecule has 0 aliphatic carbocycles. The van der Waals surface area contributed by atoms with E-state index in [0.717, 1.165) is 18.4 Å². The number of fused-ring (bicyclic) bond motifs is 2. The number of aliphatic hydroxyl groups is 1. The highest BCUT2D eigenvalue weighted by Crippen LogP contribution is 2.27. The minimum atomic E-state index is 0.0724. The Hall–Kier alpha value is -1.83. The summed E-state index contributed by atoms with van der Waals surface area (Å²) in [6.07, 6.45) is 3.03. The largest absolute Gasteiger partial charge is 0.395 e. The van der Waals surface area contributed by atoms with E-state index in [9.17, 15) is 4.79 Å². The van der Waals surface area contributed by atoms with E-state index in [0.29, 0.717) is 25.1 Å². The Morgan fingerprint density at radius 1 is 1.24 bits per heavy atom. The van der Waals surface area contributed by atoms with Crippen LogP contribution < -0.4 is 0 Å². The molecule has 21 heavy (non-hydrogen) atoms. The second-order valence-corrected chi connectivity index (χ2v) is 5.52. The zero-order chi connectivity index (χ0) is 14.7. The lowest BCUT2D eigenvalue weighted by Crippen LogP contribution is -2.45. The molecule has 1 aromatic rings. The van der Waals surface area contributed by atoms with E-state index in [1.54, 1.807) is 0 Å². The van der Waals surface area contributed by atoms with Crippen LogP contribution in [0.4, 0.5) is 0 Å². The fourth-order valence-electron chi connectivity index (χ4n) is 2.88. The normalized spacial score (nSPS) is 23.6. The topological polar surface area (TPSA) is 49.8 Å². The van der Waals surface area contributed by atoms with E-state index < -0.39 is 0 Å². The molecular weight excluding hydrogens is 266 g/mol. The molecule has 0 radical (unpaired) electrons. The fraction of sp³-hybridized carbons (Fsp3) is 0.471. The van der Waals surface area contributed by atoms with Crippen LogP contribution in [-0.4, -0.2) is 47.8 Å². The van der Waals surface area contributed by atoms with Crippen molar-refractivity contribution in [2.45, 2.75) is 31.5 Å². The molecule has 0 spiro atoms. The molecule has 2 saturated heterocycles. The molecule has 4 heteroatoms. The number of carbonyl (C=O) groups is 1. The molecule has 2 atom stereocenters. The summed E-state index contributed by atoms with van der Waals surface area (Å²) in [4.78, 5) is 14.4. The number of likely N-dealkylation sites (tertiary alicyclic amines) is 1. The lowest BCUT2D eigenvalue weighted by Gasteiger charge is -2.32. The standard InChI is InChI=1S/C17H19NO3/c19-10-2-1-3-13-4-6-14(7-5-13)17(20)18-11-15-8-9-16(12-18)21-15/h4-7,15-16,19H,2,8-12H2. The maximum atomic E-state index is 12.5. The third-order valence-corrected chi connectivity index (χ3v) is 3.93. The van der Waals surface area contributed by atoms with Crippen molar-refractivity contribution in [3.8, 4) is 11.8 Å². The number of morpholine rings is 1. The molecule has 2 fully saturated rings. The SMILES string of the molecule is O=C(c1ccc(C#CCCO)cc1)N1CC2CCC(C1)O2. The third kappa shape index (κ3) is 3.26. The maximum Gasteiger partial charge on any atom is 0.254 e. The van der Waals surface area contributed by atoms with Gasteiger partial charge in [0.15, 0.2) is 0 Å². The highest BCUT2D eigenvalue weighted by atomic mass is 16.5. The Bertz CT molecular complexity index is 558. The Labute approximate surface area is 124 Å². The van der Waals surface area contributed by atoms with Crippen LogP contribution in [0.25, 0.3) is 0 Å². The summed E-state index contributed by atoms with van der Waals surface area (Å²) in [6.45, 7) is 1.48. The maximum absolute atomic E-state index is 12.5. The first kappa shape index (κ1) is 14.1. The van der Waals surface area contributed by atoms with Crippen LogP contribution in [0.15, 0.2) is 24.3 Å². The second kappa shape index (κ2) is 6.30. The summed E-state index contributed by atoms with van der Waals surface area (Å²) in [5, 5.41) is 8.69. The quantitative estimate of drug-likeness (QED) is 0.836. The van der Waals surface area contributed by atoms with E-state index in [1.807, 2.05) is 29.2 Å². The van der Waals surface area contributed by atoms with Gasteiger partial charge in [0.05, 0.1) is 18.8 Å². The first-order valence-corrected chi connectivity index (χ1v) is 7.41. The molecule has 3 rings (SSSR count). The van der Waals surface area contributed by atoms with Gasteiger partial charge < -0.3 is 14.7 Å². The fourth-order valence-corrected chi connectivity index (χ4v) is 2.88. The first-order valence-electron chi connectivity index (χ1n) is 7.41. The van der Waals surface area contributed by atoms with Gasteiger partial charge in [-0.15, -0.1) is 0 Å². The van der Waals surface area contributed by atoms with Gasteiger partial charge in [-0.3, -0.25) is 4.79 Å². The molecule has 0 saturated carbocycles. The van der Waals surface area contributed by atoms with Gasteiger partial charge in [0, 0.05) is 30.6 Å². The first-order chi connectivity index (χ1) is 10.3. The van der Waals surface area contributed by atoms with E-state index in [-0.39, 0.29) is 24.7 Å². The van der Waals surface area contributed by atoms with Gasteiger partial charge in [0.25, 0.3) is 5.91 Å². The predicted molar refractivity (Wildman–Crippen MR) is 78.8 cm³/mol. The zero-order valence-electron chi connectivity index (χ0n) is 11.9. The van der Waals surface area contributed by atoms with Crippen molar-refractivity contribution in [3.63, 3.8) is 0 Å². The Morgan fingerprint density at radius 2 is 1.90 bits per heavy atom. The van der Waals surface area contributed by atoms with Crippen LogP contribution >= 0.6 is 0 Å². The van der Waals surface area contributed by atoms with Gasteiger partial charge in [-0.2, -0.15) is 0 Å². The smallest absolute Gasteiger partial charge is 0.254 e. The monoisotopic (exact) mass is 285 g/mol. The molecule has 2 aliphatic heterocycles. The van der Waals surface area contributed by atoms with Crippen LogP contribution in [0.2, 0.25) is 0 Å². The van der Waals surface area contributed by atoms with Gasteiger partial charge in [-0.05, 0) is 37.1 Å². The van der Waals surface area contributed by atoms with E-state index in [1.165, 1.54) is 0 Å². The summed E-state index contributed by atoms with van der Waals surface area (Å²) in [6, 6.07) is 7.35. The average molecular weight is 285 g/mol. The van der Waals surface area contributed by atoms with Gasteiger partial charge in [0.2, 0.25) is 0 Å². The summed E-state index contributed by atoms with van der Waals surface area (Å²) < 4.78 is 5.75. The summed E-state index contributed by atoms with van der Waals surface area (Å²) in [7, 11) is 0. The van der Waals surface area contributed by atoms with Gasteiger partial charge in [-0.1, -0.05) is 11.8 Å². The molecule has 2 bridgehead atoms. The number of amides is 1. The minimum Gasteiger partial charge on any atom is -0.395 e. The number of benzene rings is 1. The van der Waals surface area contributed by atoms with Crippen LogP contribution in [-0.2, 0) is 4.74 Å². The molecule has 2 heterocycles. The van der Waals surface area contributed by atoms with Gasteiger partial charge in [-0.25, -0.2) is 0 Å². The molecule has 2 unspecified atom stereocenters. The molecule has 1 aromatic carbocycles. The zero-order valence-corrected chi connectivity index (χ0v) is 11.9. The van der Waals surface area contributed by atoms with Crippen molar-refractivity contribution in [1.82, 2.24) is 4.90 Å². The molecule has 1 amide bonds. The Morgan fingerprint density at radius 3 is 2.52 bits per heavy atom. The van der Waals surface area contributed by atoms with Crippen molar-refractivity contribution in [1.29, 1.82) is 0 Å². The average Bonchev–Trinajstić information content (AvgIpc) is 2.86. The van der Waals surface area contributed by atoms with Crippen molar-refractivity contribution in [2.24, 2.45) is 0 Å². The number of ether oxygens (including phenoxy) is 1. The number of aliphatic hydroxyl groups excluding tert-OH is 1. The minimum absolute atomic E-state index is 0.0724. The highest BCUT2D eigenvalue weighted by Gasteiger charge is 2.35. The highest BCUT2D eigenvalue weighted by molar-refractivity contribution is 5.94. The van der Waals surface area contributed by atoms with Crippen LogP contribution in [0, 0.1) is 11.8 Å². The Kier molecular flexibility index (Phi) is 4.23. The van der Waals surface area contributed by atoms with E-state index in [2.05, 4.69) is 11.8 Å². The molecule has 2 aliphatic rings. The van der Waals surface area contributed by atoms with Crippen LogP contribution in [0.1, 0.15) is 35.2 Å². The number of hydrogen-bond donors (Lipinski definition) is 1. The number of carbonyl (C=O) groups excluding carboxylic acids is 1. The van der Waals surface area contributed by atoms with Crippen LogP contribution in [0.5, 0.6) is 0 Å². The molecule has 0 aromatic heterocycles. The van der Waals surface area contributed by atoms with Gasteiger partial charge >= 0.3 is 0 Å². The Balaban J connectivity index is 1.66.